The summed E-state index contributed by atoms with van der Waals surface area (Å²) < 4.78 is 5.38. The van der Waals surface area contributed by atoms with Gasteiger partial charge in [-0.2, -0.15) is 0 Å². The predicted octanol–water partition coefficient (Wildman–Crippen LogP) is 3.07. The number of aliphatic carboxylic acids is 1. The van der Waals surface area contributed by atoms with E-state index in [0.717, 1.165) is 0 Å². The Morgan fingerprint density at radius 3 is 2.68 bits per heavy atom. The number of hydrogen-bond acceptors (Lipinski definition) is 3. The van der Waals surface area contributed by atoms with Crippen LogP contribution in [0.4, 0.5) is 10.5 Å². The van der Waals surface area contributed by atoms with Gasteiger partial charge in [0, 0.05) is 19.2 Å². The first-order valence-electron chi connectivity index (χ1n) is 7.22. The Balaban J connectivity index is 1.97. The van der Waals surface area contributed by atoms with E-state index >= 15 is 0 Å². The number of carbonyl (C=O) groups excluding carboxylic acids is 1. The number of urea groups is 1. The van der Waals surface area contributed by atoms with Gasteiger partial charge in [-0.3, -0.25) is 4.79 Å². The van der Waals surface area contributed by atoms with Crippen LogP contribution in [0.25, 0.3) is 0 Å². The third-order valence-electron chi connectivity index (χ3n) is 3.62. The highest BCUT2D eigenvalue weighted by molar-refractivity contribution is 6.33. The summed E-state index contributed by atoms with van der Waals surface area (Å²) in [5.74, 6) is -0.534. The third-order valence-corrected chi connectivity index (χ3v) is 3.95. The summed E-state index contributed by atoms with van der Waals surface area (Å²) in [6, 6.07) is 4.80. The van der Waals surface area contributed by atoms with E-state index in [2.05, 4.69) is 5.32 Å². The fourth-order valence-corrected chi connectivity index (χ4v) is 2.55. The molecule has 2 rings (SSSR count). The van der Waals surface area contributed by atoms with Crippen molar-refractivity contribution in [2.24, 2.45) is 5.92 Å². The van der Waals surface area contributed by atoms with Gasteiger partial charge in [0.1, 0.15) is 5.75 Å². The van der Waals surface area contributed by atoms with Crippen LogP contribution in [0.1, 0.15) is 19.8 Å². The topological polar surface area (TPSA) is 78.9 Å². The lowest BCUT2D eigenvalue weighted by Gasteiger charge is -2.30. The molecule has 7 heteroatoms. The summed E-state index contributed by atoms with van der Waals surface area (Å²) in [7, 11) is 0. The maximum atomic E-state index is 12.2. The quantitative estimate of drug-likeness (QED) is 0.891. The van der Waals surface area contributed by atoms with Crippen LogP contribution in [0.3, 0.4) is 0 Å². The Labute approximate surface area is 134 Å². The van der Waals surface area contributed by atoms with Crippen molar-refractivity contribution in [1.82, 2.24) is 4.90 Å². The Hall–Kier alpha value is -1.95. The van der Waals surface area contributed by atoms with Gasteiger partial charge < -0.3 is 20.1 Å². The molecule has 2 amide bonds. The average molecular weight is 327 g/mol. The molecule has 1 heterocycles. The van der Waals surface area contributed by atoms with E-state index in [0.29, 0.717) is 49.0 Å². The molecule has 120 valence electrons. The number of rotatable bonds is 4. The lowest BCUT2D eigenvalue weighted by molar-refractivity contribution is -0.143. The molecule has 1 saturated heterocycles. The minimum Gasteiger partial charge on any atom is -0.494 e. The molecule has 6 nitrogen and oxygen atoms in total. The molecule has 0 aromatic heterocycles. The van der Waals surface area contributed by atoms with Crippen molar-refractivity contribution in [2.75, 3.05) is 25.0 Å². The molecule has 0 radical (unpaired) electrons. The smallest absolute Gasteiger partial charge is 0.321 e. The third kappa shape index (κ3) is 4.04. The van der Waals surface area contributed by atoms with Crippen LogP contribution in [0, 0.1) is 5.92 Å². The molecule has 1 aromatic rings. The van der Waals surface area contributed by atoms with Gasteiger partial charge in [-0.05, 0) is 31.9 Å². The lowest BCUT2D eigenvalue weighted by atomic mass is 9.97. The summed E-state index contributed by atoms with van der Waals surface area (Å²) in [6.45, 7) is 3.24. The first-order valence-corrected chi connectivity index (χ1v) is 7.60. The number of carboxylic acids is 1. The number of nitrogens with zero attached hydrogens (tertiary/aromatic N) is 1. The summed E-state index contributed by atoms with van der Waals surface area (Å²) in [5, 5.41) is 12.1. The number of ether oxygens (including phenoxy) is 1. The second-order valence-corrected chi connectivity index (χ2v) is 5.51. The Morgan fingerprint density at radius 2 is 2.09 bits per heavy atom. The summed E-state index contributed by atoms with van der Waals surface area (Å²) >= 11 is 6.08. The van der Waals surface area contributed by atoms with Crippen molar-refractivity contribution in [2.45, 2.75) is 19.8 Å². The van der Waals surface area contributed by atoms with Crippen molar-refractivity contribution in [3.8, 4) is 5.75 Å². The second-order valence-electron chi connectivity index (χ2n) is 5.10. The van der Waals surface area contributed by atoms with E-state index in [9.17, 15) is 9.59 Å². The van der Waals surface area contributed by atoms with E-state index in [1.807, 2.05) is 6.92 Å². The van der Waals surface area contributed by atoms with Crippen LogP contribution in [0.5, 0.6) is 5.75 Å². The average Bonchev–Trinajstić information content (AvgIpc) is 2.51. The molecule has 0 saturated carbocycles. The van der Waals surface area contributed by atoms with Crippen LogP contribution in [0.15, 0.2) is 18.2 Å². The van der Waals surface area contributed by atoms with Gasteiger partial charge in [0.2, 0.25) is 0 Å². The number of halogens is 1. The minimum atomic E-state index is -0.799. The first-order chi connectivity index (χ1) is 10.5. The maximum absolute atomic E-state index is 12.2. The van der Waals surface area contributed by atoms with Gasteiger partial charge >= 0.3 is 12.0 Å². The van der Waals surface area contributed by atoms with Gasteiger partial charge in [0.25, 0.3) is 0 Å². The predicted molar refractivity (Wildman–Crippen MR) is 83.6 cm³/mol. The number of benzene rings is 1. The highest BCUT2D eigenvalue weighted by atomic mass is 35.5. The zero-order chi connectivity index (χ0) is 16.1. The normalized spacial score (nSPS) is 15.5. The second kappa shape index (κ2) is 7.35. The van der Waals surface area contributed by atoms with Gasteiger partial charge in [-0.1, -0.05) is 11.6 Å². The largest absolute Gasteiger partial charge is 0.494 e. The molecule has 1 aliphatic heterocycles. The summed E-state index contributed by atoms with van der Waals surface area (Å²) in [5.41, 5.74) is 0.484. The fourth-order valence-electron chi connectivity index (χ4n) is 2.38. The minimum absolute atomic E-state index is 0.278. The number of hydrogen-bond donors (Lipinski definition) is 2. The Morgan fingerprint density at radius 1 is 1.41 bits per heavy atom. The van der Waals surface area contributed by atoms with Gasteiger partial charge in [0.15, 0.2) is 0 Å². The number of carbonyl (C=O) groups is 2. The van der Waals surface area contributed by atoms with Crippen molar-refractivity contribution < 1.29 is 19.4 Å². The molecule has 1 aromatic carbocycles. The summed E-state index contributed by atoms with van der Waals surface area (Å²) in [4.78, 5) is 24.7. The molecule has 0 unspecified atom stereocenters. The SMILES string of the molecule is CCOc1ccc(Cl)c(NC(=O)N2CCC(C(=O)O)CC2)c1. The van der Waals surface area contributed by atoms with Crippen molar-refractivity contribution in [3.63, 3.8) is 0 Å². The molecule has 1 fully saturated rings. The number of piperidine rings is 1. The number of carboxylic acid groups (broad SMARTS) is 1. The Kier molecular flexibility index (Phi) is 5.49. The first kappa shape index (κ1) is 16.4. The molecular formula is C15H19ClN2O4. The molecule has 1 aliphatic rings. The highest BCUT2D eigenvalue weighted by Crippen LogP contribution is 2.27. The number of nitrogens with one attached hydrogen (secondary N) is 1. The molecule has 2 N–H and O–H groups in total. The van der Waals surface area contributed by atoms with Crippen LogP contribution in [0.2, 0.25) is 5.02 Å². The van der Waals surface area contributed by atoms with E-state index in [4.69, 9.17) is 21.4 Å². The number of likely N-dealkylation sites (tertiary alicyclic amines) is 1. The zero-order valence-electron chi connectivity index (χ0n) is 12.3. The van der Waals surface area contributed by atoms with Crippen LogP contribution in [-0.4, -0.2) is 41.7 Å². The van der Waals surface area contributed by atoms with Crippen molar-refractivity contribution >= 4 is 29.3 Å². The van der Waals surface area contributed by atoms with E-state index in [-0.39, 0.29) is 11.9 Å². The zero-order valence-corrected chi connectivity index (χ0v) is 13.1. The molecule has 22 heavy (non-hydrogen) atoms. The van der Waals surface area contributed by atoms with Crippen LogP contribution >= 0.6 is 11.6 Å². The monoisotopic (exact) mass is 326 g/mol. The van der Waals surface area contributed by atoms with Crippen molar-refractivity contribution in [1.29, 1.82) is 0 Å². The van der Waals surface area contributed by atoms with Crippen molar-refractivity contribution in [3.05, 3.63) is 23.2 Å². The molecule has 0 atom stereocenters. The lowest BCUT2D eigenvalue weighted by Crippen LogP contribution is -2.42. The molecular weight excluding hydrogens is 308 g/mol. The van der Waals surface area contributed by atoms with Crippen LogP contribution < -0.4 is 10.1 Å². The molecule has 0 bridgehead atoms. The number of amides is 2. The van der Waals surface area contributed by atoms with Gasteiger partial charge in [0.05, 0.1) is 23.2 Å². The van der Waals surface area contributed by atoms with Crippen LogP contribution in [-0.2, 0) is 4.79 Å². The van der Waals surface area contributed by atoms with E-state index in [1.165, 1.54) is 0 Å². The molecule has 0 aliphatic carbocycles. The summed E-state index contributed by atoms with van der Waals surface area (Å²) in [6.07, 6.45) is 0.935. The molecule has 0 spiro atoms. The maximum Gasteiger partial charge on any atom is 0.321 e. The standard InChI is InChI=1S/C15H19ClN2O4/c1-2-22-11-3-4-12(16)13(9-11)17-15(21)18-7-5-10(6-8-18)14(19)20/h3-4,9-10H,2,5-8H2,1H3,(H,17,21)(H,19,20). The van der Waals surface area contributed by atoms with Gasteiger partial charge in [-0.15, -0.1) is 0 Å². The van der Waals surface area contributed by atoms with E-state index in [1.54, 1.807) is 23.1 Å². The van der Waals surface area contributed by atoms with Gasteiger partial charge in [-0.25, -0.2) is 4.79 Å². The fraction of sp³-hybridized carbons (Fsp3) is 0.467. The highest BCUT2D eigenvalue weighted by Gasteiger charge is 2.27. The van der Waals surface area contributed by atoms with E-state index < -0.39 is 5.97 Å². The Bertz CT molecular complexity index is 556. The number of anilines is 1.